The van der Waals surface area contributed by atoms with Crippen LogP contribution < -0.4 is 0 Å². The van der Waals surface area contributed by atoms with E-state index < -0.39 is 0 Å². The third-order valence-electron chi connectivity index (χ3n) is 3.25. The monoisotopic (exact) mass is 140 g/mol. The molecule has 58 valence electrons. The first-order valence-electron chi connectivity index (χ1n) is 4.09. The lowest BCUT2D eigenvalue weighted by atomic mass is 10.0. The Morgan fingerprint density at radius 2 is 1.80 bits per heavy atom. The van der Waals surface area contributed by atoms with Crippen molar-refractivity contribution in [1.29, 1.82) is 0 Å². The van der Waals surface area contributed by atoms with Crippen molar-refractivity contribution in [3.63, 3.8) is 0 Å². The van der Waals surface area contributed by atoms with Crippen molar-refractivity contribution in [3.05, 3.63) is 0 Å². The number of fused-ring (bicyclic) bond motifs is 1. The smallest absolute Gasteiger partial charge is 0.106 e. The average Bonchev–Trinajstić information content (AvgIpc) is 2.41. The van der Waals surface area contributed by atoms with Gasteiger partial charge in [0.2, 0.25) is 0 Å². The van der Waals surface area contributed by atoms with Crippen LogP contribution in [0.3, 0.4) is 0 Å². The van der Waals surface area contributed by atoms with E-state index in [0.717, 1.165) is 23.7 Å². The maximum absolute atomic E-state index is 8.00. The van der Waals surface area contributed by atoms with Gasteiger partial charge in [-0.25, -0.2) is 0 Å². The molecule has 4 atom stereocenters. The van der Waals surface area contributed by atoms with Crippen LogP contribution in [-0.4, -0.2) is 6.79 Å². The predicted molar refractivity (Wildman–Crippen MR) is 41.7 cm³/mol. The summed E-state index contributed by atoms with van der Waals surface area (Å²) in [4.78, 5) is 8.00. The largest absolute Gasteiger partial charge is 0.307 e. The number of hydrogen-bond donors (Lipinski definition) is 0. The molecule has 10 heavy (non-hydrogen) atoms. The molecule has 0 aromatic carbocycles. The van der Waals surface area contributed by atoms with Crippen LogP contribution in [0.4, 0.5) is 0 Å². The van der Waals surface area contributed by atoms with Gasteiger partial charge < -0.3 is 4.79 Å². The molecule has 0 bridgehead atoms. The zero-order valence-electron chi connectivity index (χ0n) is 6.84. The maximum Gasteiger partial charge on any atom is 0.106 e. The fourth-order valence-corrected chi connectivity index (χ4v) is 2.62. The summed E-state index contributed by atoms with van der Waals surface area (Å²) < 4.78 is 0. The molecule has 1 heteroatoms. The number of hydrogen-bond acceptors (Lipinski definition) is 1. The molecular formula is C9H16O. The van der Waals surface area contributed by atoms with Crippen LogP contribution in [0.1, 0.15) is 26.7 Å². The van der Waals surface area contributed by atoms with Gasteiger partial charge in [0.05, 0.1) is 0 Å². The number of rotatable bonds is 0. The SMILES string of the molecule is C=O.CC1CCC2C(C)C12. The van der Waals surface area contributed by atoms with Gasteiger partial charge in [0, 0.05) is 0 Å². The molecule has 2 aliphatic rings. The highest BCUT2D eigenvalue weighted by atomic mass is 16.1. The molecule has 2 rings (SSSR count). The van der Waals surface area contributed by atoms with Crippen LogP contribution in [0.25, 0.3) is 0 Å². The van der Waals surface area contributed by atoms with Gasteiger partial charge in [-0.3, -0.25) is 0 Å². The zero-order valence-corrected chi connectivity index (χ0v) is 6.84. The fraction of sp³-hybridized carbons (Fsp3) is 0.889. The van der Waals surface area contributed by atoms with Crippen molar-refractivity contribution in [2.24, 2.45) is 23.7 Å². The van der Waals surface area contributed by atoms with Crippen LogP contribution >= 0.6 is 0 Å². The highest BCUT2D eigenvalue weighted by Crippen LogP contribution is 2.59. The molecular weight excluding hydrogens is 124 g/mol. The van der Waals surface area contributed by atoms with Crippen molar-refractivity contribution >= 4 is 6.79 Å². The lowest BCUT2D eigenvalue weighted by Crippen LogP contribution is -1.93. The molecule has 0 amide bonds. The minimum Gasteiger partial charge on any atom is -0.307 e. The van der Waals surface area contributed by atoms with Gasteiger partial charge in [-0.2, -0.15) is 0 Å². The van der Waals surface area contributed by atoms with E-state index in [0.29, 0.717) is 0 Å². The molecule has 2 saturated carbocycles. The number of carbonyl (C=O) groups is 1. The van der Waals surface area contributed by atoms with Gasteiger partial charge in [-0.1, -0.05) is 20.3 Å². The molecule has 0 spiro atoms. The lowest BCUT2D eigenvalue weighted by Gasteiger charge is -2.02. The van der Waals surface area contributed by atoms with Crippen LogP contribution in [-0.2, 0) is 4.79 Å². The van der Waals surface area contributed by atoms with E-state index in [1.165, 1.54) is 12.8 Å². The van der Waals surface area contributed by atoms with Crippen molar-refractivity contribution in [2.75, 3.05) is 0 Å². The quantitative estimate of drug-likeness (QED) is 0.503. The Labute approximate surface area is 62.8 Å². The third kappa shape index (κ3) is 0.979. The van der Waals surface area contributed by atoms with E-state index >= 15 is 0 Å². The van der Waals surface area contributed by atoms with Crippen LogP contribution in [0, 0.1) is 23.7 Å². The zero-order chi connectivity index (χ0) is 7.72. The molecule has 2 fully saturated rings. The summed E-state index contributed by atoms with van der Waals surface area (Å²) in [7, 11) is 0. The Kier molecular flexibility index (Phi) is 2.12. The Morgan fingerprint density at radius 3 is 2.00 bits per heavy atom. The average molecular weight is 140 g/mol. The predicted octanol–water partition coefficient (Wildman–Crippen LogP) is 2.11. The van der Waals surface area contributed by atoms with E-state index in [1.54, 1.807) is 0 Å². The molecule has 0 aromatic rings. The summed E-state index contributed by atoms with van der Waals surface area (Å²) in [6.07, 6.45) is 3.05. The first kappa shape index (κ1) is 7.77. The van der Waals surface area contributed by atoms with E-state index in [9.17, 15) is 0 Å². The fourth-order valence-electron chi connectivity index (χ4n) is 2.62. The lowest BCUT2D eigenvalue weighted by molar-refractivity contribution is -0.0979. The Bertz CT molecular complexity index is 120. The van der Waals surface area contributed by atoms with Gasteiger partial charge in [-0.05, 0) is 30.1 Å². The first-order valence-corrected chi connectivity index (χ1v) is 4.09. The second-order valence-corrected chi connectivity index (χ2v) is 3.65. The summed E-state index contributed by atoms with van der Waals surface area (Å²) in [5, 5.41) is 0. The standard InChI is InChI=1S/C8H14.CH2O/c1-5-3-4-7-6(2)8(5)7;1-2/h5-8H,3-4H2,1-2H3;1H2. The van der Waals surface area contributed by atoms with E-state index in [2.05, 4.69) is 13.8 Å². The number of carbonyl (C=O) groups excluding carboxylic acids is 1. The van der Waals surface area contributed by atoms with Gasteiger partial charge in [0.1, 0.15) is 6.79 Å². The summed E-state index contributed by atoms with van der Waals surface area (Å²) in [5.74, 6) is 4.47. The summed E-state index contributed by atoms with van der Waals surface area (Å²) in [6.45, 7) is 6.82. The highest BCUT2D eigenvalue weighted by molar-refractivity contribution is 5.11. The van der Waals surface area contributed by atoms with Gasteiger partial charge in [0.25, 0.3) is 0 Å². The molecule has 0 heterocycles. The van der Waals surface area contributed by atoms with Crippen LogP contribution in [0.5, 0.6) is 0 Å². The molecule has 2 aliphatic carbocycles. The van der Waals surface area contributed by atoms with Gasteiger partial charge in [0.15, 0.2) is 0 Å². The molecule has 0 aromatic heterocycles. The topological polar surface area (TPSA) is 17.1 Å². The molecule has 0 radical (unpaired) electrons. The summed E-state index contributed by atoms with van der Waals surface area (Å²) >= 11 is 0. The minimum atomic E-state index is 1.06. The second-order valence-electron chi connectivity index (χ2n) is 3.65. The van der Waals surface area contributed by atoms with Crippen molar-refractivity contribution in [1.82, 2.24) is 0 Å². The van der Waals surface area contributed by atoms with Crippen molar-refractivity contribution < 1.29 is 4.79 Å². The van der Waals surface area contributed by atoms with Crippen LogP contribution in [0.2, 0.25) is 0 Å². The Hall–Kier alpha value is -0.330. The summed E-state index contributed by atoms with van der Waals surface area (Å²) in [6, 6.07) is 0. The van der Waals surface area contributed by atoms with E-state index in [-0.39, 0.29) is 0 Å². The van der Waals surface area contributed by atoms with Crippen molar-refractivity contribution in [2.45, 2.75) is 26.7 Å². The van der Waals surface area contributed by atoms with Gasteiger partial charge in [-0.15, -0.1) is 0 Å². The molecule has 1 nitrogen and oxygen atoms in total. The third-order valence-corrected chi connectivity index (χ3v) is 3.25. The minimum absolute atomic E-state index is 1.06. The molecule has 0 saturated heterocycles. The molecule has 4 unspecified atom stereocenters. The normalized spacial score (nSPS) is 49.0. The Balaban J connectivity index is 0.000000231. The Morgan fingerprint density at radius 1 is 1.20 bits per heavy atom. The van der Waals surface area contributed by atoms with Crippen molar-refractivity contribution in [3.8, 4) is 0 Å². The second kappa shape index (κ2) is 2.73. The summed E-state index contributed by atoms with van der Waals surface area (Å²) in [5.41, 5.74) is 0. The maximum atomic E-state index is 8.00. The molecule has 0 N–H and O–H groups in total. The van der Waals surface area contributed by atoms with Gasteiger partial charge >= 0.3 is 0 Å². The van der Waals surface area contributed by atoms with Crippen LogP contribution in [0.15, 0.2) is 0 Å². The van der Waals surface area contributed by atoms with E-state index in [4.69, 9.17) is 4.79 Å². The highest BCUT2D eigenvalue weighted by Gasteiger charge is 2.52. The molecule has 0 aliphatic heterocycles. The first-order chi connectivity index (χ1) is 4.80. The van der Waals surface area contributed by atoms with E-state index in [1.807, 2.05) is 6.79 Å².